The van der Waals surface area contributed by atoms with Gasteiger partial charge in [-0.3, -0.25) is 4.68 Å². The van der Waals surface area contributed by atoms with Crippen LogP contribution in [0.3, 0.4) is 0 Å². The van der Waals surface area contributed by atoms with Gasteiger partial charge in [-0.05, 0) is 24.8 Å². The summed E-state index contributed by atoms with van der Waals surface area (Å²) in [5.41, 5.74) is 2.26. The first-order chi connectivity index (χ1) is 9.83. The number of rotatable bonds is 1. The molecule has 2 aromatic rings. The van der Waals surface area contributed by atoms with Crippen molar-refractivity contribution in [3.63, 3.8) is 0 Å². The minimum Gasteiger partial charge on any atom is -0.375 e. The first-order valence-corrected chi connectivity index (χ1v) is 7.51. The molecule has 3 atom stereocenters. The molecule has 3 heterocycles. The molecule has 4 rings (SSSR count). The van der Waals surface area contributed by atoms with Crippen molar-refractivity contribution in [3.8, 4) is 0 Å². The molecule has 0 saturated carbocycles. The first-order valence-electron chi connectivity index (χ1n) is 7.51. The highest BCUT2D eigenvalue weighted by Crippen LogP contribution is 2.37. The summed E-state index contributed by atoms with van der Waals surface area (Å²) in [5.74, 6) is 0.710. The van der Waals surface area contributed by atoms with Gasteiger partial charge in [0, 0.05) is 12.0 Å². The van der Waals surface area contributed by atoms with Crippen LogP contribution in [0.25, 0.3) is 10.9 Å². The molecule has 1 saturated heterocycles. The number of ether oxygens (including phenoxy) is 2. The van der Waals surface area contributed by atoms with Crippen LogP contribution in [0, 0.1) is 5.92 Å². The van der Waals surface area contributed by atoms with Crippen LogP contribution in [-0.4, -0.2) is 29.1 Å². The summed E-state index contributed by atoms with van der Waals surface area (Å²) in [5, 5.41) is 5.91. The highest BCUT2D eigenvalue weighted by Gasteiger charge is 2.35. The Morgan fingerprint density at radius 3 is 3.00 bits per heavy atom. The highest BCUT2D eigenvalue weighted by molar-refractivity contribution is 5.82. The lowest BCUT2D eigenvalue weighted by Gasteiger charge is -2.35. The molecular formula is C16H20N2O2. The zero-order valence-electron chi connectivity index (χ0n) is 11.8. The third kappa shape index (κ3) is 1.95. The Balaban J connectivity index is 1.77. The third-order valence-corrected chi connectivity index (χ3v) is 4.47. The zero-order valence-corrected chi connectivity index (χ0v) is 11.8. The SMILES string of the molecule is CC1CCO[C@@H]([C@H]2OCCn3nc4ccccc4c32)C1. The van der Waals surface area contributed by atoms with E-state index in [2.05, 4.69) is 29.8 Å². The van der Waals surface area contributed by atoms with Crippen molar-refractivity contribution in [1.82, 2.24) is 9.78 Å². The Labute approximate surface area is 118 Å². The van der Waals surface area contributed by atoms with Gasteiger partial charge in [0.25, 0.3) is 0 Å². The highest BCUT2D eigenvalue weighted by atomic mass is 16.5. The number of hydrogen-bond acceptors (Lipinski definition) is 3. The molecule has 1 unspecified atom stereocenters. The molecule has 0 aliphatic carbocycles. The minimum atomic E-state index is 0.0268. The maximum absolute atomic E-state index is 6.07. The molecule has 1 aromatic heterocycles. The summed E-state index contributed by atoms with van der Waals surface area (Å²) < 4.78 is 14.2. The molecule has 4 nitrogen and oxygen atoms in total. The molecule has 1 fully saturated rings. The molecule has 1 aromatic carbocycles. The van der Waals surface area contributed by atoms with Crippen molar-refractivity contribution < 1.29 is 9.47 Å². The van der Waals surface area contributed by atoms with E-state index in [1.807, 2.05) is 6.07 Å². The van der Waals surface area contributed by atoms with Gasteiger partial charge >= 0.3 is 0 Å². The molecule has 0 N–H and O–H groups in total. The van der Waals surface area contributed by atoms with Crippen LogP contribution in [0.15, 0.2) is 24.3 Å². The van der Waals surface area contributed by atoms with Crippen LogP contribution in [0.2, 0.25) is 0 Å². The van der Waals surface area contributed by atoms with Crippen LogP contribution >= 0.6 is 0 Å². The van der Waals surface area contributed by atoms with Crippen LogP contribution in [-0.2, 0) is 16.0 Å². The van der Waals surface area contributed by atoms with Crippen molar-refractivity contribution in [2.45, 2.75) is 38.5 Å². The maximum Gasteiger partial charge on any atom is 0.126 e. The largest absolute Gasteiger partial charge is 0.375 e. The molecular weight excluding hydrogens is 252 g/mol. The van der Waals surface area contributed by atoms with E-state index in [0.29, 0.717) is 5.92 Å². The molecule has 2 aliphatic heterocycles. The van der Waals surface area contributed by atoms with Gasteiger partial charge in [-0.2, -0.15) is 5.10 Å². The molecule has 0 amide bonds. The van der Waals surface area contributed by atoms with Gasteiger partial charge in [-0.25, -0.2) is 0 Å². The van der Waals surface area contributed by atoms with Gasteiger partial charge in [0.1, 0.15) is 6.10 Å². The van der Waals surface area contributed by atoms with E-state index >= 15 is 0 Å². The third-order valence-electron chi connectivity index (χ3n) is 4.47. The smallest absolute Gasteiger partial charge is 0.126 e. The van der Waals surface area contributed by atoms with Crippen molar-refractivity contribution in [1.29, 1.82) is 0 Å². The van der Waals surface area contributed by atoms with E-state index in [4.69, 9.17) is 14.6 Å². The van der Waals surface area contributed by atoms with Crippen molar-refractivity contribution in [2.75, 3.05) is 13.2 Å². The summed E-state index contributed by atoms with van der Waals surface area (Å²) in [7, 11) is 0. The molecule has 0 bridgehead atoms. The molecule has 106 valence electrons. The van der Waals surface area contributed by atoms with Gasteiger partial charge in [-0.1, -0.05) is 25.1 Å². The first kappa shape index (κ1) is 12.4. The van der Waals surface area contributed by atoms with Crippen molar-refractivity contribution in [2.24, 2.45) is 5.92 Å². The van der Waals surface area contributed by atoms with E-state index in [1.165, 1.54) is 11.1 Å². The quantitative estimate of drug-likeness (QED) is 0.801. The second-order valence-corrected chi connectivity index (χ2v) is 5.96. The Morgan fingerprint density at radius 2 is 2.10 bits per heavy atom. The van der Waals surface area contributed by atoms with Gasteiger partial charge < -0.3 is 9.47 Å². The monoisotopic (exact) mass is 272 g/mol. The lowest BCUT2D eigenvalue weighted by molar-refractivity contribution is -0.117. The number of fused-ring (bicyclic) bond motifs is 3. The molecule has 4 heteroatoms. The average Bonchev–Trinajstić information content (AvgIpc) is 2.85. The van der Waals surface area contributed by atoms with Gasteiger partial charge in [-0.15, -0.1) is 0 Å². The summed E-state index contributed by atoms with van der Waals surface area (Å²) in [6.07, 6.45) is 2.42. The summed E-state index contributed by atoms with van der Waals surface area (Å²) in [6, 6.07) is 8.32. The van der Waals surface area contributed by atoms with E-state index in [1.54, 1.807) is 0 Å². The number of benzene rings is 1. The fourth-order valence-corrected chi connectivity index (χ4v) is 3.41. The lowest BCUT2D eigenvalue weighted by Crippen LogP contribution is -2.36. The Morgan fingerprint density at radius 1 is 1.20 bits per heavy atom. The maximum atomic E-state index is 6.07. The van der Waals surface area contributed by atoms with Crippen LogP contribution in [0.1, 0.15) is 31.6 Å². The molecule has 0 radical (unpaired) electrons. The lowest BCUT2D eigenvalue weighted by atomic mass is 9.92. The zero-order chi connectivity index (χ0) is 13.5. The van der Waals surface area contributed by atoms with E-state index in [-0.39, 0.29) is 12.2 Å². The predicted octanol–water partition coefficient (Wildman–Crippen LogP) is 2.92. The minimum absolute atomic E-state index is 0.0268. The molecule has 0 spiro atoms. The summed E-state index contributed by atoms with van der Waals surface area (Å²) in [4.78, 5) is 0. The Kier molecular flexibility index (Phi) is 3.00. The standard InChI is InChI=1S/C16H20N2O2/c1-11-6-8-19-14(10-11)16-15-12-4-2-3-5-13(12)17-18(15)7-9-20-16/h2-5,11,14,16H,6-10H2,1H3/t11?,14-,16-/m1/s1. The fourth-order valence-electron chi connectivity index (χ4n) is 3.41. The normalized spacial score (nSPS) is 30.4. The summed E-state index contributed by atoms with van der Waals surface area (Å²) in [6.45, 7) is 4.70. The Bertz CT molecular complexity index is 622. The number of nitrogens with zero attached hydrogens (tertiary/aromatic N) is 2. The molecule has 20 heavy (non-hydrogen) atoms. The van der Waals surface area contributed by atoms with E-state index in [0.717, 1.165) is 38.1 Å². The van der Waals surface area contributed by atoms with Crippen molar-refractivity contribution in [3.05, 3.63) is 30.0 Å². The van der Waals surface area contributed by atoms with E-state index in [9.17, 15) is 0 Å². The Hall–Kier alpha value is -1.39. The van der Waals surface area contributed by atoms with Crippen LogP contribution < -0.4 is 0 Å². The summed E-state index contributed by atoms with van der Waals surface area (Å²) >= 11 is 0. The predicted molar refractivity (Wildman–Crippen MR) is 76.6 cm³/mol. The van der Waals surface area contributed by atoms with Crippen LogP contribution in [0.4, 0.5) is 0 Å². The topological polar surface area (TPSA) is 36.3 Å². The van der Waals surface area contributed by atoms with Gasteiger partial charge in [0.05, 0.1) is 30.5 Å². The number of aromatic nitrogens is 2. The van der Waals surface area contributed by atoms with Gasteiger partial charge in [0.15, 0.2) is 0 Å². The number of hydrogen-bond donors (Lipinski definition) is 0. The van der Waals surface area contributed by atoms with Crippen molar-refractivity contribution >= 4 is 10.9 Å². The van der Waals surface area contributed by atoms with Gasteiger partial charge in [0.2, 0.25) is 0 Å². The van der Waals surface area contributed by atoms with Crippen LogP contribution in [0.5, 0.6) is 0 Å². The second-order valence-electron chi connectivity index (χ2n) is 5.96. The second kappa shape index (κ2) is 4.86. The fraction of sp³-hybridized carbons (Fsp3) is 0.562. The molecule has 2 aliphatic rings. The van der Waals surface area contributed by atoms with E-state index < -0.39 is 0 Å². The average molecular weight is 272 g/mol.